The van der Waals surface area contributed by atoms with Crippen LogP contribution in [0.2, 0.25) is 0 Å². The van der Waals surface area contributed by atoms with Crippen LogP contribution in [0.25, 0.3) is 0 Å². The standard InChI is InChI=1S/C11H16N2O/c1-2-13-7-3-4-10(13)8-9-5-6-11(14)12-9/h3-4,7,9H,2,5-6,8H2,1H3,(H,12,14). The first-order valence-corrected chi connectivity index (χ1v) is 5.23. The van der Waals surface area contributed by atoms with Gasteiger partial charge in [0.25, 0.3) is 0 Å². The van der Waals surface area contributed by atoms with E-state index in [1.807, 2.05) is 0 Å². The van der Waals surface area contributed by atoms with Crippen molar-refractivity contribution < 1.29 is 4.79 Å². The number of carbonyl (C=O) groups is 1. The summed E-state index contributed by atoms with van der Waals surface area (Å²) < 4.78 is 2.23. The van der Waals surface area contributed by atoms with Gasteiger partial charge in [-0.15, -0.1) is 0 Å². The van der Waals surface area contributed by atoms with E-state index in [2.05, 4.69) is 35.1 Å². The van der Waals surface area contributed by atoms with Crippen molar-refractivity contribution in [3.8, 4) is 0 Å². The first-order chi connectivity index (χ1) is 6.79. The summed E-state index contributed by atoms with van der Waals surface area (Å²) in [6, 6.07) is 4.55. The minimum absolute atomic E-state index is 0.199. The lowest BCUT2D eigenvalue weighted by Crippen LogP contribution is -2.27. The largest absolute Gasteiger partial charge is 0.353 e. The van der Waals surface area contributed by atoms with E-state index in [-0.39, 0.29) is 5.91 Å². The molecule has 14 heavy (non-hydrogen) atoms. The van der Waals surface area contributed by atoms with Crippen LogP contribution in [0.5, 0.6) is 0 Å². The van der Waals surface area contributed by atoms with Gasteiger partial charge in [-0.05, 0) is 25.5 Å². The third kappa shape index (κ3) is 1.81. The molecule has 76 valence electrons. The van der Waals surface area contributed by atoms with Crippen molar-refractivity contribution in [2.24, 2.45) is 0 Å². The molecule has 0 aromatic carbocycles. The summed E-state index contributed by atoms with van der Waals surface area (Å²) >= 11 is 0. The molecule has 1 saturated heterocycles. The molecule has 0 radical (unpaired) electrons. The molecule has 0 spiro atoms. The van der Waals surface area contributed by atoms with Crippen LogP contribution in [0.1, 0.15) is 25.5 Å². The number of nitrogens with one attached hydrogen (secondary N) is 1. The maximum Gasteiger partial charge on any atom is 0.220 e. The molecule has 1 aromatic rings. The van der Waals surface area contributed by atoms with Crippen LogP contribution in [0.3, 0.4) is 0 Å². The molecular formula is C11H16N2O. The second-order valence-electron chi connectivity index (χ2n) is 3.79. The zero-order chi connectivity index (χ0) is 9.97. The lowest BCUT2D eigenvalue weighted by atomic mass is 10.1. The summed E-state index contributed by atoms with van der Waals surface area (Å²) in [6.45, 7) is 3.14. The van der Waals surface area contributed by atoms with E-state index in [4.69, 9.17) is 0 Å². The van der Waals surface area contributed by atoms with Gasteiger partial charge in [-0.25, -0.2) is 0 Å². The molecule has 2 heterocycles. The Hall–Kier alpha value is -1.25. The molecule has 3 heteroatoms. The van der Waals surface area contributed by atoms with Crippen molar-refractivity contribution in [1.29, 1.82) is 0 Å². The van der Waals surface area contributed by atoms with Gasteiger partial charge in [-0.3, -0.25) is 4.79 Å². The highest BCUT2D eigenvalue weighted by Crippen LogP contribution is 2.13. The Bertz CT molecular complexity index is 330. The molecule has 1 amide bonds. The van der Waals surface area contributed by atoms with Crippen molar-refractivity contribution in [3.05, 3.63) is 24.0 Å². The smallest absolute Gasteiger partial charge is 0.220 e. The Morgan fingerprint density at radius 1 is 1.64 bits per heavy atom. The highest BCUT2D eigenvalue weighted by Gasteiger charge is 2.21. The number of hydrogen-bond donors (Lipinski definition) is 1. The van der Waals surface area contributed by atoms with Crippen LogP contribution in [-0.2, 0) is 17.8 Å². The van der Waals surface area contributed by atoms with Crippen LogP contribution in [0, 0.1) is 0 Å². The van der Waals surface area contributed by atoms with Gasteiger partial charge in [0.2, 0.25) is 5.91 Å². The third-order valence-corrected chi connectivity index (χ3v) is 2.80. The van der Waals surface area contributed by atoms with Gasteiger partial charge in [-0.2, -0.15) is 0 Å². The minimum atomic E-state index is 0.199. The van der Waals surface area contributed by atoms with Crippen LogP contribution < -0.4 is 5.32 Å². The van der Waals surface area contributed by atoms with Gasteiger partial charge in [0.05, 0.1) is 0 Å². The van der Waals surface area contributed by atoms with Crippen LogP contribution in [0.15, 0.2) is 18.3 Å². The summed E-state index contributed by atoms with van der Waals surface area (Å²) in [5.41, 5.74) is 1.32. The Kier molecular flexibility index (Phi) is 2.57. The molecular weight excluding hydrogens is 176 g/mol. The summed E-state index contributed by atoms with van der Waals surface area (Å²) in [5, 5.41) is 2.99. The lowest BCUT2D eigenvalue weighted by molar-refractivity contribution is -0.119. The fourth-order valence-electron chi connectivity index (χ4n) is 2.03. The monoisotopic (exact) mass is 192 g/mol. The third-order valence-electron chi connectivity index (χ3n) is 2.80. The van der Waals surface area contributed by atoms with Crippen LogP contribution >= 0.6 is 0 Å². The number of carbonyl (C=O) groups excluding carboxylic acids is 1. The van der Waals surface area contributed by atoms with Crippen molar-refractivity contribution in [1.82, 2.24) is 9.88 Å². The molecule has 0 aliphatic carbocycles. The van der Waals surface area contributed by atoms with Crippen molar-refractivity contribution in [2.45, 2.75) is 38.8 Å². The van der Waals surface area contributed by atoms with E-state index >= 15 is 0 Å². The molecule has 1 fully saturated rings. The quantitative estimate of drug-likeness (QED) is 0.770. The summed E-state index contributed by atoms with van der Waals surface area (Å²) in [4.78, 5) is 11.0. The van der Waals surface area contributed by atoms with Crippen molar-refractivity contribution in [3.63, 3.8) is 0 Å². The first kappa shape index (κ1) is 9.31. The molecule has 1 aliphatic heterocycles. The number of amides is 1. The van der Waals surface area contributed by atoms with Gasteiger partial charge >= 0.3 is 0 Å². The van der Waals surface area contributed by atoms with Crippen LogP contribution in [0.4, 0.5) is 0 Å². The second-order valence-corrected chi connectivity index (χ2v) is 3.79. The highest BCUT2D eigenvalue weighted by atomic mass is 16.1. The topological polar surface area (TPSA) is 34.0 Å². The fraction of sp³-hybridized carbons (Fsp3) is 0.545. The SMILES string of the molecule is CCn1cccc1CC1CCC(=O)N1. The molecule has 1 aromatic heterocycles. The highest BCUT2D eigenvalue weighted by molar-refractivity contribution is 5.78. The molecule has 3 nitrogen and oxygen atoms in total. The first-order valence-electron chi connectivity index (χ1n) is 5.23. The minimum Gasteiger partial charge on any atom is -0.353 e. The van der Waals surface area contributed by atoms with E-state index in [9.17, 15) is 4.79 Å². The van der Waals surface area contributed by atoms with Gasteiger partial charge < -0.3 is 9.88 Å². The van der Waals surface area contributed by atoms with Crippen molar-refractivity contribution in [2.75, 3.05) is 0 Å². The predicted molar refractivity (Wildman–Crippen MR) is 55.0 cm³/mol. The van der Waals surface area contributed by atoms with Gasteiger partial charge in [0.1, 0.15) is 0 Å². The molecule has 1 atom stereocenters. The van der Waals surface area contributed by atoms with E-state index < -0.39 is 0 Å². The Morgan fingerprint density at radius 2 is 2.50 bits per heavy atom. The Balaban J connectivity index is 2.00. The zero-order valence-electron chi connectivity index (χ0n) is 8.49. The summed E-state index contributed by atoms with van der Waals surface area (Å²) in [7, 11) is 0. The molecule has 0 bridgehead atoms. The summed E-state index contributed by atoms with van der Waals surface area (Å²) in [5.74, 6) is 0.199. The summed E-state index contributed by atoms with van der Waals surface area (Å²) in [6.07, 6.45) is 4.73. The van der Waals surface area contributed by atoms with E-state index in [1.165, 1.54) is 5.69 Å². The number of hydrogen-bond acceptors (Lipinski definition) is 1. The fourth-order valence-corrected chi connectivity index (χ4v) is 2.03. The van der Waals surface area contributed by atoms with Crippen LogP contribution in [-0.4, -0.2) is 16.5 Å². The molecule has 2 rings (SSSR count). The average Bonchev–Trinajstić information content (AvgIpc) is 2.76. The molecule has 1 N–H and O–H groups in total. The van der Waals surface area contributed by atoms with Gasteiger partial charge in [0, 0.05) is 37.3 Å². The molecule has 1 unspecified atom stereocenters. The molecule has 0 saturated carbocycles. The number of aryl methyl sites for hydroxylation is 1. The Morgan fingerprint density at radius 3 is 3.14 bits per heavy atom. The Labute approximate surface area is 84.1 Å². The number of rotatable bonds is 3. The second kappa shape index (κ2) is 3.86. The predicted octanol–water partition coefficient (Wildman–Crippen LogP) is 1.33. The van der Waals surface area contributed by atoms with Gasteiger partial charge in [0.15, 0.2) is 0 Å². The number of nitrogens with zero attached hydrogens (tertiary/aromatic N) is 1. The van der Waals surface area contributed by atoms with E-state index in [1.54, 1.807) is 0 Å². The number of aromatic nitrogens is 1. The maximum atomic E-state index is 11.0. The van der Waals surface area contributed by atoms with E-state index in [0.29, 0.717) is 12.5 Å². The zero-order valence-corrected chi connectivity index (χ0v) is 8.49. The van der Waals surface area contributed by atoms with Gasteiger partial charge in [-0.1, -0.05) is 0 Å². The lowest BCUT2D eigenvalue weighted by Gasteiger charge is -2.11. The normalized spacial score (nSPS) is 21.2. The molecule has 1 aliphatic rings. The average molecular weight is 192 g/mol. The van der Waals surface area contributed by atoms with Crippen molar-refractivity contribution >= 4 is 5.91 Å². The van der Waals surface area contributed by atoms with E-state index in [0.717, 1.165) is 19.4 Å². The maximum absolute atomic E-state index is 11.0.